The summed E-state index contributed by atoms with van der Waals surface area (Å²) in [6, 6.07) is 3.55. The molecular formula is C17H18N4O. The lowest BCUT2D eigenvalue weighted by atomic mass is 9.94. The predicted molar refractivity (Wildman–Crippen MR) is 87.9 cm³/mol. The molecule has 0 fully saturated rings. The summed E-state index contributed by atoms with van der Waals surface area (Å²) in [6.07, 6.45) is 7.91. The third kappa shape index (κ3) is 2.57. The van der Waals surface area contributed by atoms with Gasteiger partial charge in [-0.25, -0.2) is 4.98 Å². The van der Waals surface area contributed by atoms with Gasteiger partial charge >= 0.3 is 0 Å². The van der Waals surface area contributed by atoms with E-state index in [0.717, 1.165) is 27.6 Å². The summed E-state index contributed by atoms with van der Waals surface area (Å²) in [6.45, 7) is 3.88. The van der Waals surface area contributed by atoms with Crippen LogP contribution in [-0.4, -0.2) is 21.8 Å². The molecule has 5 nitrogen and oxygen atoms in total. The number of allylic oxidation sites excluding steroid dienone is 2. The van der Waals surface area contributed by atoms with Crippen LogP contribution in [0.25, 0.3) is 16.5 Å². The number of ketones is 1. The van der Waals surface area contributed by atoms with Crippen molar-refractivity contribution in [1.29, 1.82) is 0 Å². The summed E-state index contributed by atoms with van der Waals surface area (Å²) in [7, 11) is 0. The van der Waals surface area contributed by atoms with Crippen molar-refractivity contribution >= 4 is 28.1 Å². The maximum absolute atomic E-state index is 11.8. The van der Waals surface area contributed by atoms with Gasteiger partial charge in [0.15, 0.2) is 5.78 Å². The number of aromatic nitrogens is 2. The normalized spacial score (nSPS) is 17.6. The second kappa shape index (κ2) is 5.60. The Morgan fingerprint density at radius 2 is 2.14 bits per heavy atom. The fraction of sp³-hybridized carbons (Fsp3) is 0.235. The zero-order valence-electron chi connectivity index (χ0n) is 12.6. The van der Waals surface area contributed by atoms with Gasteiger partial charge in [-0.3, -0.25) is 9.78 Å². The Bertz CT molecular complexity index is 807. The Hall–Kier alpha value is -2.69. The van der Waals surface area contributed by atoms with E-state index in [-0.39, 0.29) is 11.8 Å². The highest BCUT2D eigenvalue weighted by molar-refractivity contribution is 5.91. The molecule has 0 saturated carbocycles. The van der Waals surface area contributed by atoms with Gasteiger partial charge in [0.25, 0.3) is 0 Å². The Morgan fingerprint density at radius 1 is 1.32 bits per heavy atom. The van der Waals surface area contributed by atoms with Crippen molar-refractivity contribution in [2.24, 2.45) is 0 Å². The highest BCUT2D eigenvalue weighted by Gasteiger charge is 2.18. The molecular weight excluding hydrogens is 276 g/mol. The minimum absolute atomic E-state index is 0.186. The number of hydrogen-bond donors (Lipinski definition) is 2. The molecule has 2 aromatic heterocycles. The lowest BCUT2D eigenvalue weighted by molar-refractivity contribution is -0.119. The molecule has 0 saturated heterocycles. The molecule has 3 heterocycles. The molecule has 5 heteroatoms. The fourth-order valence-corrected chi connectivity index (χ4v) is 2.58. The number of fused-ring (bicyclic) bond motifs is 1. The standard InChI is InChI=1S/C17H18N4O/c1-3-16(22)15-4-10(2)13(9-20-15)11-5-12-8-21-17(18)6-14(12)19-7-11/h4-9,15,20H,3H2,1-2H3,(H2,18,21). The molecule has 1 unspecified atom stereocenters. The number of nitrogens with two attached hydrogens (primary N) is 1. The van der Waals surface area contributed by atoms with Crippen molar-refractivity contribution in [3.63, 3.8) is 0 Å². The van der Waals surface area contributed by atoms with Crippen molar-refractivity contribution in [2.45, 2.75) is 26.3 Å². The molecule has 22 heavy (non-hydrogen) atoms. The number of nitrogens with zero attached hydrogens (tertiary/aromatic N) is 2. The lowest BCUT2D eigenvalue weighted by Crippen LogP contribution is -2.33. The van der Waals surface area contributed by atoms with Gasteiger partial charge in [0.2, 0.25) is 0 Å². The van der Waals surface area contributed by atoms with Gasteiger partial charge in [0, 0.05) is 47.6 Å². The summed E-state index contributed by atoms with van der Waals surface area (Å²) >= 11 is 0. The smallest absolute Gasteiger partial charge is 0.158 e. The molecule has 1 aliphatic rings. The zero-order chi connectivity index (χ0) is 15.7. The maximum Gasteiger partial charge on any atom is 0.158 e. The SMILES string of the molecule is CCC(=O)C1C=C(C)C(c2cnc3cc(N)ncc3c2)=CN1. The summed E-state index contributed by atoms with van der Waals surface area (Å²) < 4.78 is 0. The van der Waals surface area contributed by atoms with E-state index in [0.29, 0.717) is 12.2 Å². The van der Waals surface area contributed by atoms with Crippen LogP contribution in [0.15, 0.2) is 42.4 Å². The summed E-state index contributed by atoms with van der Waals surface area (Å²) in [5.41, 5.74) is 9.58. The summed E-state index contributed by atoms with van der Waals surface area (Å²) in [5, 5.41) is 4.09. The zero-order valence-corrected chi connectivity index (χ0v) is 12.6. The van der Waals surface area contributed by atoms with Gasteiger partial charge < -0.3 is 11.1 Å². The van der Waals surface area contributed by atoms with Crippen molar-refractivity contribution in [1.82, 2.24) is 15.3 Å². The molecule has 3 rings (SSSR count). The molecule has 1 atom stereocenters. The van der Waals surface area contributed by atoms with Crippen molar-refractivity contribution in [3.05, 3.63) is 47.9 Å². The van der Waals surface area contributed by atoms with Crippen LogP contribution in [0.1, 0.15) is 25.8 Å². The molecule has 112 valence electrons. The lowest BCUT2D eigenvalue weighted by Gasteiger charge is -2.21. The van der Waals surface area contributed by atoms with E-state index in [1.807, 2.05) is 38.4 Å². The molecule has 0 aliphatic carbocycles. The van der Waals surface area contributed by atoms with Crippen LogP contribution in [0.3, 0.4) is 0 Å². The molecule has 3 N–H and O–H groups in total. The first-order chi connectivity index (χ1) is 10.6. The van der Waals surface area contributed by atoms with Gasteiger partial charge in [0.1, 0.15) is 11.9 Å². The third-order valence-electron chi connectivity index (χ3n) is 3.84. The highest BCUT2D eigenvalue weighted by Crippen LogP contribution is 2.27. The Morgan fingerprint density at radius 3 is 2.86 bits per heavy atom. The van der Waals surface area contributed by atoms with E-state index in [4.69, 9.17) is 5.73 Å². The molecule has 0 amide bonds. The van der Waals surface area contributed by atoms with E-state index in [2.05, 4.69) is 15.3 Å². The Labute approximate surface area is 129 Å². The number of rotatable bonds is 3. The Kier molecular flexibility index (Phi) is 3.63. The van der Waals surface area contributed by atoms with Gasteiger partial charge in [0.05, 0.1) is 5.52 Å². The predicted octanol–water partition coefficient (Wildman–Crippen LogP) is 2.45. The van der Waals surface area contributed by atoms with Crippen LogP contribution in [0.5, 0.6) is 0 Å². The molecule has 0 radical (unpaired) electrons. The fourth-order valence-electron chi connectivity index (χ4n) is 2.58. The monoisotopic (exact) mass is 294 g/mol. The van der Waals surface area contributed by atoms with Crippen LogP contribution in [-0.2, 0) is 4.79 Å². The van der Waals surface area contributed by atoms with E-state index in [1.165, 1.54) is 0 Å². The first-order valence-electron chi connectivity index (χ1n) is 7.28. The van der Waals surface area contributed by atoms with Crippen LogP contribution in [0.4, 0.5) is 5.82 Å². The number of anilines is 1. The van der Waals surface area contributed by atoms with Crippen molar-refractivity contribution in [2.75, 3.05) is 5.73 Å². The average Bonchev–Trinajstić information content (AvgIpc) is 2.53. The molecule has 0 aromatic carbocycles. The van der Waals surface area contributed by atoms with Crippen LogP contribution in [0, 0.1) is 0 Å². The number of hydrogen-bond acceptors (Lipinski definition) is 5. The number of nitrogens with one attached hydrogen (secondary N) is 1. The quantitative estimate of drug-likeness (QED) is 0.908. The van der Waals surface area contributed by atoms with Crippen LogP contribution in [0.2, 0.25) is 0 Å². The first-order valence-corrected chi connectivity index (χ1v) is 7.28. The summed E-state index contributed by atoms with van der Waals surface area (Å²) in [5.74, 6) is 0.647. The Balaban J connectivity index is 1.95. The number of carbonyl (C=O) groups excluding carboxylic acids is 1. The third-order valence-corrected chi connectivity index (χ3v) is 3.84. The number of dihydropyridines is 1. The average molecular weight is 294 g/mol. The van der Waals surface area contributed by atoms with Gasteiger partial charge in [-0.1, -0.05) is 13.0 Å². The minimum Gasteiger partial charge on any atom is -0.384 e. The van der Waals surface area contributed by atoms with Crippen molar-refractivity contribution in [3.8, 4) is 0 Å². The minimum atomic E-state index is -0.233. The topological polar surface area (TPSA) is 80.9 Å². The first kappa shape index (κ1) is 14.3. The van der Waals surface area contributed by atoms with Crippen LogP contribution < -0.4 is 11.1 Å². The van der Waals surface area contributed by atoms with Crippen LogP contribution >= 0.6 is 0 Å². The van der Waals surface area contributed by atoms with E-state index in [1.54, 1.807) is 12.3 Å². The van der Waals surface area contributed by atoms with E-state index < -0.39 is 0 Å². The maximum atomic E-state index is 11.8. The van der Waals surface area contributed by atoms with Gasteiger partial charge in [-0.05, 0) is 18.6 Å². The van der Waals surface area contributed by atoms with E-state index in [9.17, 15) is 4.79 Å². The number of Topliss-reactive ketones (excluding diaryl/α,β-unsaturated/α-hetero) is 1. The largest absolute Gasteiger partial charge is 0.384 e. The molecule has 0 bridgehead atoms. The van der Waals surface area contributed by atoms with Gasteiger partial charge in [-0.2, -0.15) is 0 Å². The number of pyridine rings is 2. The second-order valence-electron chi connectivity index (χ2n) is 5.40. The second-order valence-corrected chi connectivity index (χ2v) is 5.40. The summed E-state index contributed by atoms with van der Waals surface area (Å²) in [4.78, 5) is 20.3. The molecule has 0 spiro atoms. The van der Waals surface area contributed by atoms with E-state index >= 15 is 0 Å². The van der Waals surface area contributed by atoms with Gasteiger partial charge in [-0.15, -0.1) is 0 Å². The number of carbonyl (C=O) groups is 1. The van der Waals surface area contributed by atoms with Crippen molar-refractivity contribution < 1.29 is 4.79 Å². The number of nitrogen functional groups attached to an aromatic ring is 1. The molecule has 1 aliphatic heterocycles. The molecule has 2 aromatic rings. The highest BCUT2D eigenvalue weighted by atomic mass is 16.1.